The third kappa shape index (κ3) is 4.30. The number of carbonyl (C=O) groups is 1. The minimum atomic E-state index is -1.12. The smallest absolute Gasteiger partial charge is 0.321 e. The molecule has 0 heterocycles. The van der Waals surface area contributed by atoms with Crippen molar-refractivity contribution in [3.05, 3.63) is 39.7 Å². The van der Waals surface area contributed by atoms with Crippen LogP contribution in [0.1, 0.15) is 5.56 Å². The number of hydrogen-bond acceptors (Lipinski definition) is 5. The van der Waals surface area contributed by atoms with Gasteiger partial charge in [0.2, 0.25) is 0 Å². The third-order valence-corrected chi connectivity index (χ3v) is 3.17. The molecule has 0 amide bonds. The molecule has 18 heavy (non-hydrogen) atoms. The number of aliphatic carboxylic acids is 1. The van der Waals surface area contributed by atoms with E-state index in [2.05, 4.69) is 0 Å². The van der Waals surface area contributed by atoms with Crippen molar-refractivity contribution in [2.45, 2.75) is 11.8 Å². The summed E-state index contributed by atoms with van der Waals surface area (Å²) in [6, 6.07) is 2.25. The van der Waals surface area contributed by atoms with E-state index in [0.29, 0.717) is 5.56 Å². The molecule has 1 aromatic carbocycles. The topological polar surface area (TPSA) is 106 Å². The lowest BCUT2D eigenvalue weighted by molar-refractivity contribution is -0.385. The Labute approximate surface area is 106 Å². The molecule has 0 aliphatic carbocycles. The number of nitro groups is 1. The summed E-state index contributed by atoms with van der Waals surface area (Å²) in [7, 11) is 0. The van der Waals surface area contributed by atoms with Crippen LogP contribution in [0.25, 0.3) is 0 Å². The fourth-order valence-corrected chi connectivity index (χ4v) is 2.11. The second-order valence-electron chi connectivity index (χ2n) is 3.53. The van der Waals surface area contributed by atoms with Crippen LogP contribution < -0.4 is 5.73 Å². The molecule has 0 radical (unpaired) electrons. The highest BCUT2D eigenvalue weighted by Gasteiger charge is 2.13. The summed E-state index contributed by atoms with van der Waals surface area (Å²) in [4.78, 5) is 20.3. The molecule has 1 atom stereocenters. The largest absolute Gasteiger partial charge is 0.480 e. The molecule has 0 aliphatic heterocycles. The van der Waals surface area contributed by atoms with E-state index >= 15 is 0 Å². The number of carboxylic acids is 1. The fraction of sp³-hybridized carbons (Fsp3) is 0.300. The van der Waals surface area contributed by atoms with Crippen molar-refractivity contribution in [1.82, 2.24) is 0 Å². The van der Waals surface area contributed by atoms with E-state index in [1.807, 2.05) is 0 Å². The molecule has 0 spiro atoms. The first-order valence-corrected chi connectivity index (χ1v) is 6.05. The predicted molar refractivity (Wildman–Crippen MR) is 64.8 cm³/mol. The Hall–Kier alpha value is -1.67. The fourth-order valence-electron chi connectivity index (χ4n) is 1.20. The van der Waals surface area contributed by atoms with E-state index in [4.69, 9.17) is 10.8 Å². The average molecular weight is 274 g/mol. The van der Waals surface area contributed by atoms with Gasteiger partial charge in [-0.05, 0) is 11.6 Å². The van der Waals surface area contributed by atoms with Crippen molar-refractivity contribution in [3.63, 3.8) is 0 Å². The Bertz CT molecular complexity index is 469. The standard InChI is InChI=1S/C10H11FN2O4S/c11-7-1-6(2-8(3-7)13(16)17)4-18-5-9(12)10(14)15/h1-3,9H,4-5,12H2,(H,14,15)/t9-/m0/s1. The molecule has 0 aromatic heterocycles. The van der Waals surface area contributed by atoms with Crippen molar-refractivity contribution in [2.75, 3.05) is 5.75 Å². The van der Waals surface area contributed by atoms with Crippen LogP contribution >= 0.6 is 11.8 Å². The van der Waals surface area contributed by atoms with Crippen LogP contribution in [0.15, 0.2) is 18.2 Å². The van der Waals surface area contributed by atoms with Crippen molar-refractivity contribution in [3.8, 4) is 0 Å². The maximum atomic E-state index is 13.1. The third-order valence-electron chi connectivity index (χ3n) is 2.04. The van der Waals surface area contributed by atoms with Gasteiger partial charge < -0.3 is 10.8 Å². The number of benzene rings is 1. The van der Waals surface area contributed by atoms with Crippen molar-refractivity contribution in [1.29, 1.82) is 0 Å². The molecule has 0 saturated heterocycles. The molecule has 6 nitrogen and oxygen atoms in total. The summed E-state index contributed by atoms with van der Waals surface area (Å²) < 4.78 is 13.1. The van der Waals surface area contributed by atoms with E-state index in [9.17, 15) is 19.3 Å². The van der Waals surface area contributed by atoms with Crippen LogP contribution in [0.4, 0.5) is 10.1 Å². The summed E-state index contributed by atoms with van der Waals surface area (Å²) in [6.45, 7) is 0. The van der Waals surface area contributed by atoms with Gasteiger partial charge in [-0.15, -0.1) is 0 Å². The van der Waals surface area contributed by atoms with Gasteiger partial charge in [0.1, 0.15) is 11.9 Å². The zero-order valence-electron chi connectivity index (χ0n) is 9.21. The van der Waals surface area contributed by atoms with Crippen molar-refractivity contribution < 1.29 is 19.2 Å². The Morgan fingerprint density at radius 3 is 2.78 bits per heavy atom. The first-order valence-electron chi connectivity index (χ1n) is 4.90. The zero-order valence-corrected chi connectivity index (χ0v) is 10.0. The predicted octanol–water partition coefficient (Wildman–Crippen LogP) is 1.38. The maximum Gasteiger partial charge on any atom is 0.321 e. The van der Waals surface area contributed by atoms with Gasteiger partial charge in [-0.2, -0.15) is 11.8 Å². The Kier molecular flexibility index (Phi) is 5.05. The van der Waals surface area contributed by atoms with E-state index in [0.717, 1.165) is 6.07 Å². The molecule has 3 N–H and O–H groups in total. The normalized spacial score (nSPS) is 12.1. The van der Waals surface area contributed by atoms with Crippen molar-refractivity contribution >= 4 is 23.4 Å². The Morgan fingerprint density at radius 1 is 1.56 bits per heavy atom. The second kappa shape index (κ2) is 6.31. The molecular formula is C10H11FN2O4S. The van der Waals surface area contributed by atoms with Gasteiger partial charge >= 0.3 is 5.97 Å². The Balaban J connectivity index is 2.62. The molecule has 1 aromatic rings. The van der Waals surface area contributed by atoms with Crippen LogP contribution in [-0.4, -0.2) is 27.8 Å². The molecule has 8 heteroatoms. The summed E-state index contributed by atoms with van der Waals surface area (Å²) in [5.41, 5.74) is 5.38. The number of rotatable bonds is 6. The lowest BCUT2D eigenvalue weighted by Gasteiger charge is -2.06. The summed E-state index contributed by atoms with van der Waals surface area (Å²) in [5.74, 6) is -1.39. The maximum absolute atomic E-state index is 13.1. The van der Waals surface area contributed by atoms with Gasteiger partial charge in [0, 0.05) is 17.6 Å². The number of carboxylic acid groups (broad SMARTS) is 1. The Morgan fingerprint density at radius 2 is 2.22 bits per heavy atom. The number of nitrogens with zero attached hydrogens (tertiary/aromatic N) is 1. The van der Waals surface area contributed by atoms with Gasteiger partial charge in [0.25, 0.3) is 5.69 Å². The monoisotopic (exact) mass is 274 g/mol. The van der Waals surface area contributed by atoms with Gasteiger partial charge in [-0.25, -0.2) is 4.39 Å². The van der Waals surface area contributed by atoms with Crippen LogP contribution in [0.2, 0.25) is 0 Å². The van der Waals surface area contributed by atoms with E-state index in [1.165, 1.54) is 23.9 Å². The lowest BCUT2D eigenvalue weighted by Crippen LogP contribution is -2.32. The number of thioether (sulfide) groups is 1. The van der Waals surface area contributed by atoms with Crippen molar-refractivity contribution in [2.24, 2.45) is 5.73 Å². The molecule has 0 saturated carbocycles. The quantitative estimate of drug-likeness (QED) is 0.599. The summed E-state index contributed by atoms with van der Waals surface area (Å²) in [6.07, 6.45) is 0. The molecule has 0 unspecified atom stereocenters. The molecule has 0 aliphatic rings. The second-order valence-corrected chi connectivity index (χ2v) is 4.56. The summed E-state index contributed by atoms with van der Waals surface area (Å²) >= 11 is 1.18. The van der Waals surface area contributed by atoms with Crippen LogP contribution in [0.5, 0.6) is 0 Å². The average Bonchev–Trinajstić information content (AvgIpc) is 2.27. The highest BCUT2D eigenvalue weighted by molar-refractivity contribution is 7.98. The van der Waals surface area contributed by atoms with E-state index < -0.39 is 22.8 Å². The molecule has 0 bridgehead atoms. The van der Waals surface area contributed by atoms with Gasteiger partial charge in [0.05, 0.1) is 11.0 Å². The van der Waals surface area contributed by atoms with E-state index in [1.54, 1.807) is 0 Å². The SMILES string of the molecule is N[C@@H](CSCc1cc(F)cc([N+](=O)[O-])c1)C(=O)O. The molecule has 98 valence electrons. The first-order chi connectivity index (χ1) is 8.40. The zero-order chi connectivity index (χ0) is 13.7. The molecular weight excluding hydrogens is 263 g/mol. The highest BCUT2D eigenvalue weighted by atomic mass is 32.2. The molecule has 0 fully saturated rings. The summed E-state index contributed by atoms with van der Waals surface area (Å²) in [5, 5.41) is 19.1. The highest BCUT2D eigenvalue weighted by Crippen LogP contribution is 2.20. The van der Waals surface area contributed by atoms with E-state index in [-0.39, 0.29) is 17.2 Å². The number of halogens is 1. The van der Waals surface area contributed by atoms with Gasteiger partial charge in [0.15, 0.2) is 0 Å². The number of non-ortho nitro benzene ring substituents is 1. The lowest BCUT2D eigenvalue weighted by atomic mass is 10.2. The number of nitrogens with two attached hydrogens (primary N) is 1. The minimum absolute atomic E-state index is 0.152. The van der Waals surface area contributed by atoms with Crippen LogP contribution in [0.3, 0.4) is 0 Å². The van der Waals surface area contributed by atoms with Gasteiger partial charge in [-0.1, -0.05) is 0 Å². The first kappa shape index (κ1) is 14.4. The van der Waals surface area contributed by atoms with Crippen LogP contribution in [-0.2, 0) is 10.5 Å². The molecule has 1 rings (SSSR count). The van der Waals surface area contributed by atoms with Crippen LogP contribution in [0, 0.1) is 15.9 Å². The minimum Gasteiger partial charge on any atom is -0.480 e. The number of nitro benzene ring substituents is 1. The van der Waals surface area contributed by atoms with Gasteiger partial charge in [-0.3, -0.25) is 14.9 Å². The number of hydrogen-bond donors (Lipinski definition) is 2.